The summed E-state index contributed by atoms with van der Waals surface area (Å²) in [5.74, 6) is 0.679. The maximum Gasteiger partial charge on any atom is 0.233 e. The molecule has 0 bridgehead atoms. The average molecular weight is 260 g/mol. The third-order valence-electron chi connectivity index (χ3n) is 3.98. The van der Waals surface area contributed by atoms with Crippen LogP contribution >= 0.6 is 0 Å². The maximum absolute atomic E-state index is 11.0. The van der Waals surface area contributed by atoms with Crippen molar-refractivity contribution >= 4 is 5.91 Å². The van der Waals surface area contributed by atoms with Crippen molar-refractivity contribution < 1.29 is 4.79 Å². The first kappa shape index (κ1) is 14.1. The highest BCUT2D eigenvalue weighted by atomic mass is 16.1. The molecule has 3 heteroatoms. The van der Waals surface area contributed by atoms with Gasteiger partial charge in [0.2, 0.25) is 5.91 Å². The molecule has 1 saturated carbocycles. The van der Waals surface area contributed by atoms with Gasteiger partial charge in [0, 0.05) is 6.54 Å². The second-order valence-electron chi connectivity index (χ2n) is 5.38. The molecular formula is C16H24N2O. The molecule has 0 unspecified atom stereocenters. The average Bonchev–Trinajstić information content (AvgIpc) is 2.48. The monoisotopic (exact) mass is 260 g/mol. The van der Waals surface area contributed by atoms with Gasteiger partial charge < -0.3 is 11.1 Å². The smallest absolute Gasteiger partial charge is 0.233 e. The van der Waals surface area contributed by atoms with E-state index in [1.54, 1.807) is 0 Å². The minimum absolute atomic E-state index is 0.0701. The van der Waals surface area contributed by atoms with Crippen LogP contribution in [-0.4, -0.2) is 19.0 Å². The molecule has 3 nitrogen and oxygen atoms in total. The van der Waals surface area contributed by atoms with Crippen LogP contribution in [0.2, 0.25) is 0 Å². The number of carbonyl (C=O) groups excluding carboxylic acids is 1. The molecule has 1 fully saturated rings. The predicted octanol–water partition coefficient (Wildman–Crippen LogP) is 2.35. The van der Waals surface area contributed by atoms with Gasteiger partial charge in [-0.05, 0) is 36.3 Å². The highest BCUT2D eigenvalue weighted by molar-refractivity contribution is 5.77. The van der Waals surface area contributed by atoms with Crippen LogP contribution in [-0.2, 0) is 11.2 Å². The van der Waals surface area contributed by atoms with Gasteiger partial charge in [0.15, 0.2) is 0 Å². The van der Waals surface area contributed by atoms with Crippen LogP contribution < -0.4 is 11.1 Å². The van der Waals surface area contributed by atoms with Crippen molar-refractivity contribution in [1.82, 2.24) is 5.32 Å². The summed E-state index contributed by atoms with van der Waals surface area (Å²) in [6, 6.07) is 8.91. The Morgan fingerprint density at radius 1 is 1.16 bits per heavy atom. The van der Waals surface area contributed by atoms with Crippen molar-refractivity contribution in [2.45, 2.75) is 44.4 Å². The van der Waals surface area contributed by atoms with E-state index >= 15 is 0 Å². The quantitative estimate of drug-likeness (QED) is 0.854. The van der Waals surface area contributed by atoms with Crippen LogP contribution in [0.3, 0.4) is 0 Å². The summed E-state index contributed by atoms with van der Waals surface area (Å²) in [6.45, 7) is 0.736. The van der Waals surface area contributed by atoms with Crippen LogP contribution in [0.15, 0.2) is 24.3 Å². The van der Waals surface area contributed by atoms with E-state index < -0.39 is 0 Å². The van der Waals surface area contributed by atoms with Crippen LogP contribution in [0.25, 0.3) is 0 Å². The lowest BCUT2D eigenvalue weighted by atomic mass is 9.84. The molecule has 19 heavy (non-hydrogen) atoms. The van der Waals surface area contributed by atoms with Crippen LogP contribution in [0.1, 0.15) is 49.1 Å². The van der Waals surface area contributed by atoms with Gasteiger partial charge in [0.05, 0.1) is 6.54 Å². The lowest BCUT2D eigenvalue weighted by Gasteiger charge is -2.22. The molecule has 1 aliphatic rings. The first-order valence-electron chi connectivity index (χ1n) is 7.35. The maximum atomic E-state index is 11.0. The van der Waals surface area contributed by atoms with Crippen LogP contribution in [0.5, 0.6) is 0 Å². The molecule has 0 atom stereocenters. The molecule has 3 N–H and O–H groups in total. The van der Waals surface area contributed by atoms with Gasteiger partial charge in [-0.25, -0.2) is 0 Å². The van der Waals surface area contributed by atoms with Gasteiger partial charge in [-0.15, -0.1) is 0 Å². The second kappa shape index (κ2) is 7.29. The number of carbonyl (C=O) groups is 1. The van der Waals surface area contributed by atoms with Gasteiger partial charge >= 0.3 is 0 Å². The summed E-state index contributed by atoms with van der Waals surface area (Å²) in [5, 5.41) is 2.79. The molecule has 104 valence electrons. The fourth-order valence-electron chi connectivity index (χ4n) is 2.81. The number of nitrogens with one attached hydrogen (secondary N) is 1. The van der Waals surface area contributed by atoms with Crippen LogP contribution in [0.4, 0.5) is 0 Å². The zero-order valence-corrected chi connectivity index (χ0v) is 11.5. The third kappa shape index (κ3) is 4.35. The second-order valence-corrected chi connectivity index (χ2v) is 5.38. The highest BCUT2D eigenvalue weighted by Gasteiger charge is 2.14. The third-order valence-corrected chi connectivity index (χ3v) is 3.98. The van der Waals surface area contributed by atoms with E-state index in [-0.39, 0.29) is 12.5 Å². The van der Waals surface area contributed by atoms with E-state index in [9.17, 15) is 4.79 Å². The topological polar surface area (TPSA) is 55.1 Å². The molecule has 1 aromatic carbocycles. The van der Waals surface area contributed by atoms with Gasteiger partial charge in [-0.3, -0.25) is 4.79 Å². The molecule has 1 aromatic rings. The summed E-state index contributed by atoms with van der Waals surface area (Å²) in [4.78, 5) is 11.0. The zero-order chi connectivity index (χ0) is 13.5. The van der Waals surface area contributed by atoms with E-state index in [2.05, 4.69) is 29.6 Å². The van der Waals surface area contributed by atoms with E-state index in [1.807, 2.05) is 0 Å². The lowest BCUT2D eigenvalue weighted by molar-refractivity contribution is -0.119. The molecular weight excluding hydrogens is 236 g/mol. The zero-order valence-electron chi connectivity index (χ0n) is 11.5. The van der Waals surface area contributed by atoms with Gasteiger partial charge in [-0.1, -0.05) is 43.5 Å². The van der Waals surface area contributed by atoms with Crippen molar-refractivity contribution in [3.63, 3.8) is 0 Å². The lowest BCUT2D eigenvalue weighted by Crippen LogP contribution is -2.31. The predicted molar refractivity (Wildman–Crippen MR) is 78.0 cm³/mol. The molecule has 0 spiro atoms. The summed E-state index contributed by atoms with van der Waals surface area (Å²) >= 11 is 0. The Balaban J connectivity index is 1.82. The van der Waals surface area contributed by atoms with Crippen molar-refractivity contribution in [1.29, 1.82) is 0 Å². The Bertz CT molecular complexity index is 394. The molecule has 0 heterocycles. The Morgan fingerprint density at radius 3 is 2.47 bits per heavy atom. The Morgan fingerprint density at radius 2 is 1.84 bits per heavy atom. The number of benzene rings is 1. The van der Waals surface area contributed by atoms with Crippen molar-refractivity contribution in [2.75, 3.05) is 13.1 Å². The Hall–Kier alpha value is -1.35. The number of amides is 1. The molecule has 0 aliphatic heterocycles. The number of hydrogen-bond acceptors (Lipinski definition) is 2. The summed E-state index contributed by atoms with van der Waals surface area (Å²) in [5.41, 5.74) is 8.00. The summed E-state index contributed by atoms with van der Waals surface area (Å²) < 4.78 is 0. The molecule has 0 aromatic heterocycles. The van der Waals surface area contributed by atoms with Crippen molar-refractivity contribution in [2.24, 2.45) is 5.73 Å². The Kier molecular flexibility index (Phi) is 5.40. The number of rotatable bonds is 5. The highest BCUT2D eigenvalue weighted by Crippen LogP contribution is 2.32. The molecule has 0 radical (unpaired) electrons. The summed E-state index contributed by atoms with van der Waals surface area (Å²) in [7, 11) is 0. The van der Waals surface area contributed by atoms with E-state index in [1.165, 1.54) is 43.2 Å². The van der Waals surface area contributed by atoms with Crippen LogP contribution in [0, 0.1) is 0 Å². The van der Waals surface area contributed by atoms with Crippen molar-refractivity contribution in [3.05, 3.63) is 35.4 Å². The molecule has 0 saturated heterocycles. The molecule has 1 amide bonds. The van der Waals surface area contributed by atoms with Gasteiger partial charge in [0.25, 0.3) is 0 Å². The fourth-order valence-corrected chi connectivity index (χ4v) is 2.81. The normalized spacial score (nSPS) is 16.3. The first-order valence-corrected chi connectivity index (χ1v) is 7.35. The SMILES string of the molecule is NCC(=O)NCCc1ccc(C2CCCCC2)cc1. The van der Waals surface area contributed by atoms with Gasteiger partial charge in [0.1, 0.15) is 0 Å². The van der Waals surface area contributed by atoms with Crippen molar-refractivity contribution in [3.8, 4) is 0 Å². The Labute approximate surface area is 115 Å². The van der Waals surface area contributed by atoms with Gasteiger partial charge in [-0.2, -0.15) is 0 Å². The number of hydrogen-bond donors (Lipinski definition) is 2. The fraction of sp³-hybridized carbons (Fsp3) is 0.562. The molecule has 1 aliphatic carbocycles. The van der Waals surface area contributed by atoms with E-state index in [0.29, 0.717) is 6.54 Å². The van der Waals surface area contributed by atoms with E-state index in [0.717, 1.165) is 12.3 Å². The summed E-state index contributed by atoms with van der Waals surface area (Å²) in [6.07, 6.45) is 7.69. The largest absolute Gasteiger partial charge is 0.355 e. The minimum Gasteiger partial charge on any atom is -0.355 e. The number of nitrogens with two attached hydrogens (primary N) is 1. The minimum atomic E-state index is -0.0844. The standard InChI is InChI=1S/C16H24N2O/c17-12-16(19)18-11-10-13-6-8-15(9-7-13)14-4-2-1-3-5-14/h6-9,14H,1-5,10-12,17H2,(H,18,19). The molecule has 2 rings (SSSR count). The van der Waals surface area contributed by atoms with E-state index in [4.69, 9.17) is 5.73 Å². The first-order chi connectivity index (χ1) is 9.29.